The van der Waals surface area contributed by atoms with E-state index in [2.05, 4.69) is 10.0 Å². The zero-order valence-electron chi connectivity index (χ0n) is 16.8. The molecule has 0 saturated carbocycles. The van der Waals surface area contributed by atoms with Crippen LogP contribution in [-0.2, 0) is 23.0 Å². The number of nitrogens with one attached hydrogen (secondary N) is 2. The number of halogens is 1. The van der Waals surface area contributed by atoms with Crippen LogP contribution in [0.5, 0.6) is 0 Å². The maximum absolute atomic E-state index is 14.3. The Balaban J connectivity index is 1.77. The van der Waals surface area contributed by atoms with Crippen molar-refractivity contribution in [2.45, 2.75) is 31.7 Å². The van der Waals surface area contributed by atoms with Crippen molar-refractivity contribution in [3.8, 4) is 0 Å². The summed E-state index contributed by atoms with van der Waals surface area (Å²) in [6, 6.07) is 17.9. The van der Waals surface area contributed by atoms with Crippen LogP contribution in [0.2, 0.25) is 0 Å². The zero-order valence-corrected chi connectivity index (χ0v) is 17.6. The van der Waals surface area contributed by atoms with Crippen molar-refractivity contribution < 1.29 is 17.6 Å². The van der Waals surface area contributed by atoms with E-state index in [1.165, 1.54) is 6.07 Å². The van der Waals surface area contributed by atoms with Crippen LogP contribution >= 0.6 is 0 Å². The van der Waals surface area contributed by atoms with Gasteiger partial charge in [-0.15, -0.1) is 0 Å². The summed E-state index contributed by atoms with van der Waals surface area (Å²) < 4.78 is 41.9. The van der Waals surface area contributed by atoms with E-state index in [0.29, 0.717) is 5.69 Å². The SMILES string of the molecule is CCc1ccc(NC(=O)c2ccc(F)c(S(=O)(=O)NCc3ccc(C)cc3)c2)cc1. The van der Waals surface area contributed by atoms with Gasteiger partial charge in [-0.3, -0.25) is 4.79 Å². The predicted octanol–water partition coefficient (Wildman–Crippen LogP) is 4.43. The quantitative estimate of drug-likeness (QED) is 0.587. The molecule has 0 spiro atoms. The number of carbonyl (C=O) groups is 1. The third-order valence-electron chi connectivity index (χ3n) is 4.69. The summed E-state index contributed by atoms with van der Waals surface area (Å²) in [5, 5.41) is 2.69. The molecule has 0 aliphatic carbocycles. The molecule has 0 radical (unpaired) electrons. The van der Waals surface area contributed by atoms with Crippen LogP contribution in [0.25, 0.3) is 0 Å². The second-order valence-electron chi connectivity index (χ2n) is 6.96. The molecule has 7 heteroatoms. The van der Waals surface area contributed by atoms with Crippen LogP contribution in [0.3, 0.4) is 0 Å². The second-order valence-corrected chi connectivity index (χ2v) is 8.70. The Bertz CT molecular complexity index is 1140. The van der Waals surface area contributed by atoms with Gasteiger partial charge in [-0.25, -0.2) is 17.5 Å². The highest BCUT2D eigenvalue weighted by Gasteiger charge is 2.21. The van der Waals surface area contributed by atoms with Crippen molar-refractivity contribution in [1.82, 2.24) is 4.72 Å². The van der Waals surface area contributed by atoms with Crippen LogP contribution in [0.15, 0.2) is 71.6 Å². The van der Waals surface area contributed by atoms with Crippen LogP contribution < -0.4 is 10.0 Å². The van der Waals surface area contributed by atoms with Crippen molar-refractivity contribution in [1.29, 1.82) is 0 Å². The van der Waals surface area contributed by atoms with E-state index in [0.717, 1.165) is 35.2 Å². The fraction of sp³-hybridized carbons (Fsp3) is 0.174. The maximum Gasteiger partial charge on any atom is 0.255 e. The van der Waals surface area contributed by atoms with E-state index < -0.39 is 26.6 Å². The predicted molar refractivity (Wildman–Crippen MR) is 115 cm³/mol. The molecule has 3 rings (SSSR count). The second kappa shape index (κ2) is 9.19. The van der Waals surface area contributed by atoms with Crippen molar-refractivity contribution >= 4 is 21.6 Å². The van der Waals surface area contributed by atoms with Crippen LogP contribution in [0, 0.1) is 12.7 Å². The molecule has 0 saturated heterocycles. The monoisotopic (exact) mass is 426 g/mol. The molecular weight excluding hydrogens is 403 g/mol. The summed E-state index contributed by atoms with van der Waals surface area (Å²) in [7, 11) is -4.14. The molecule has 1 amide bonds. The molecular formula is C23H23FN2O3S. The van der Waals surface area contributed by atoms with E-state index in [4.69, 9.17) is 0 Å². The topological polar surface area (TPSA) is 75.3 Å². The van der Waals surface area contributed by atoms with Gasteiger partial charge in [0.25, 0.3) is 5.91 Å². The molecule has 156 valence electrons. The van der Waals surface area contributed by atoms with Gasteiger partial charge in [-0.1, -0.05) is 48.9 Å². The van der Waals surface area contributed by atoms with Gasteiger partial charge in [0.15, 0.2) is 0 Å². The highest BCUT2D eigenvalue weighted by atomic mass is 32.2. The lowest BCUT2D eigenvalue weighted by Gasteiger charge is -2.11. The van der Waals surface area contributed by atoms with Crippen LogP contribution in [-0.4, -0.2) is 14.3 Å². The minimum Gasteiger partial charge on any atom is -0.322 e. The Kier molecular flexibility index (Phi) is 6.64. The van der Waals surface area contributed by atoms with Gasteiger partial charge in [0.05, 0.1) is 0 Å². The largest absolute Gasteiger partial charge is 0.322 e. The first-order valence-electron chi connectivity index (χ1n) is 9.53. The Morgan fingerprint density at radius 1 is 0.933 bits per heavy atom. The summed E-state index contributed by atoms with van der Waals surface area (Å²) in [5.41, 5.74) is 3.54. The Morgan fingerprint density at radius 3 is 2.20 bits per heavy atom. The molecule has 3 aromatic rings. The summed E-state index contributed by atoms with van der Waals surface area (Å²) >= 11 is 0. The molecule has 0 fully saturated rings. The van der Waals surface area contributed by atoms with Crippen LogP contribution in [0.4, 0.5) is 10.1 Å². The first-order chi connectivity index (χ1) is 14.3. The number of sulfonamides is 1. The van der Waals surface area contributed by atoms with E-state index in [-0.39, 0.29) is 12.1 Å². The van der Waals surface area contributed by atoms with Gasteiger partial charge in [0.2, 0.25) is 10.0 Å². The number of hydrogen-bond donors (Lipinski definition) is 2. The lowest BCUT2D eigenvalue weighted by molar-refractivity contribution is 0.102. The third-order valence-corrected chi connectivity index (χ3v) is 6.11. The summed E-state index contributed by atoms with van der Waals surface area (Å²) in [4.78, 5) is 12.0. The standard InChI is InChI=1S/C23H23FN2O3S/c1-3-17-8-11-20(12-9-17)26-23(27)19-10-13-21(24)22(14-19)30(28,29)25-15-18-6-4-16(2)5-7-18/h4-14,25H,3,15H2,1-2H3,(H,26,27). The molecule has 0 heterocycles. The molecule has 0 bridgehead atoms. The first kappa shape index (κ1) is 21.7. The molecule has 5 nitrogen and oxygen atoms in total. The molecule has 0 aliphatic heterocycles. The Morgan fingerprint density at radius 2 is 1.57 bits per heavy atom. The average Bonchev–Trinajstić information content (AvgIpc) is 2.74. The average molecular weight is 427 g/mol. The molecule has 0 aliphatic rings. The molecule has 0 atom stereocenters. The number of hydrogen-bond acceptors (Lipinski definition) is 3. The van der Waals surface area contributed by atoms with E-state index in [1.54, 1.807) is 24.3 Å². The first-order valence-corrected chi connectivity index (χ1v) is 11.0. The lowest BCUT2D eigenvalue weighted by atomic mass is 10.1. The maximum atomic E-state index is 14.3. The molecule has 0 unspecified atom stereocenters. The number of amides is 1. The van der Waals surface area contributed by atoms with Crippen LogP contribution in [0.1, 0.15) is 34.0 Å². The minimum atomic E-state index is -4.14. The number of aryl methyl sites for hydroxylation is 2. The van der Waals surface area contributed by atoms with Gasteiger partial charge in [-0.2, -0.15) is 0 Å². The summed E-state index contributed by atoms with van der Waals surface area (Å²) in [6.07, 6.45) is 0.878. The summed E-state index contributed by atoms with van der Waals surface area (Å²) in [6.45, 7) is 3.97. The van der Waals surface area contributed by atoms with E-state index in [9.17, 15) is 17.6 Å². The third kappa shape index (κ3) is 5.31. The molecule has 30 heavy (non-hydrogen) atoms. The highest BCUT2D eigenvalue weighted by molar-refractivity contribution is 7.89. The Labute approximate surface area is 176 Å². The van der Waals surface area contributed by atoms with Gasteiger partial charge in [-0.05, 0) is 54.8 Å². The fourth-order valence-corrected chi connectivity index (χ4v) is 3.96. The van der Waals surface area contributed by atoms with Crippen molar-refractivity contribution in [3.63, 3.8) is 0 Å². The number of benzene rings is 3. The van der Waals surface area contributed by atoms with E-state index >= 15 is 0 Å². The fourth-order valence-electron chi connectivity index (χ4n) is 2.84. The molecule has 3 aromatic carbocycles. The van der Waals surface area contributed by atoms with Gasteiger partial charge in [0.1, 0.15) is 10.7 Å². The zero-order chi connectivity index (χ0) is 21.7. The lowest BCUT2D eigenvalue weighted by Crippen LogP contribution is -2.25. The van der Waals surface area contributed by atoms with Gasteiger partial charge >= 0.3 is 0 Å². The van der Waals surface area contributed by atoms with Crippen molar-refractivity contribution in [2.24, 2.45) is 0 Å². The number of rotatable bonds is 7. The normalized spacial score (nSPS) is 11.3. The number of carbonyl (C=O) groups excluding carboxylic acids is 1. The highest BCUT2D eigenvalue weighted by Crippen LogP contribution is 2.19. The minimum absolute atomic E-state index is 0.0161. The summed E-state index contributed by atoms with van der Waals surface area (Å²) in [5.74, 6) is -1.44. The van der Waals surface area contributed by atoms with Gasteiger partial charge in [0, 0.05) is 17.8 Å². The van der Waals surface area contributed by atoms with E-state index in [1.807, 2.05) is 38.1 Å². The number of anilines is 1. The smallest absolute Gasteiger partial charge is 0.255 e. The van der Waals surface area contributed by atoms with Crippen molar-refractivity contribution in [2.75, 3.05) is 5.32 Å². The molecule has 0 aromatic heterocycles. The Hall–Kier alpha value is -3.03. The van der Waals surface area contributed by atoms with Gasteiger partial charge < -0.3 is 5.32 Å². The molecule has 2 N–H and O–H groups in total. The van der Waals surface area contributed by atoms with Crippen molar-refractivity contribution in [3.05, 3.63) is 94.8 Å².